The minimum atomic E-state index is -4.38. The number of esters is 1. The summed E-state index contributed by atoms with van der Waals surface area (Å²) in [6.45, 7) is 11.6. The second-order valence-electron chi connectivity index (χ2n) is 10.5. The number of hydrogen-bond acceptors (Lipinski definition) is 5. The maximum absolute atomic E-state index is 13.0. The van der Waals surface area contributed by atoms with E-state index < -0.39 is 17.3 Å². The summed E-state index contributed by atoms with van der Waals surface area (Å²) >= 11 is 1.42. The number of rotatable bonds is 7. The summed E-state index contributed by atoms with van der Waals surface area (Å²) < 4.78 is 52.8. The molecule has 0 aliphatic carbocycles. The Kier molecular flexibility index (Phi) is 7.61. The van der Waals surface area contributed by atoms with E-state index in [1.807, 2.05) is 62.7 Å². The van der Waals surface area contributed by atoms with Crippen LogP contribution in [0.3, 0.4) is 0 Å². The van der Waals surface area contributed by atoms with Crippen LogP contribution in [0.2, 0.25) is 0 Å². The third-order valence-electron chi connectivity index (χ3n) is 5.90. The SMILES string of the molecule is Cc1nc(-c2ccc(C(F)(F)F)cc2)sc1C(Oc1cccc2c1ccn2CC(=O)OC(C)(C)C)C(C)C. The van der Waals surface area contributed by atoms with Crippen molar-refractivity contribution in [3.8, 4) is 16.3 Å². The minimum absolute atomic E-state index is 0.0856. The predicted octanol–water partition coefficient (Wildman–Crippen LogP) is 8.21. The van der Waals surface area contributed by atoms with E-state index in [0.717, 1.165) is 33.6 Å². The van der Waals surface area contributed by atoms with Gasteiger partial charge < -0.3 is 14.0 Å². The molecule has 4 rings (SSSR count). The Morgan fingerprint density at radius 2 is 1.74 bits per heavy atom. The smallest absolute Gasteiger partial charge is 0.416 e. The first kappa shape index (κ1) is 27.7. The van der Waals surface area contributed by atoms with Gasteiger partial charge in [-0.3, -0.25) is 4.79 Å². The zero-order valence-corrected chi connectivity index (χ0v) is 23.0. The highest BCUT2D eigenvalue weighted by Crippen LogP contribution is 2.40. The van der Waals surface area contributed by atoms with Gasteiger partial charge in [0.1, 0.15) is 29.0 Å². The van der Waals surface area contributed by atoms with Gasteiger partial charge in [-0.25, -0.2) is 4.98 Å². The van der Waals surface area contributed by atoms with E-state index in [0.29, 0.717) is 16.3 Å². The summed E-state index contributed by atoms with van der Waals surface area (Å²) in [6, 6.07) is 12.7. The van der Waals surface area contributed by atoms with Crippen LogP contribution in [-0.4, -0.2) is 21.1 Å². The molecule has 0 bridgehead atoms. The van der Waals surface area contributed by atoms with Crippen LogP contribution in [0.4, 0.5) is 13.2 Å². The van der Waals surface area contributed by atoms with Crippen molar-refractivity contribution in [2.24, 2.45) is 5.92 Å². The van der Waals surface area contributed by atoms with Gasteiger partial charge in [0.05, 0.1) is 21.7 Å². The highest BCUT2D eigenvalue weighted by atomic mass is 32.1. The van der Waals surface area contributed by atoms with Gasteiger partial charge in [-0.05, 0) is 63.9 Å². The van der Waals surface area contributed by atoms with E-state index in [1.54, 1.807) is 0 Å². The summed E-state index contributed by atoms with van der Waals surface area (Å²) in [6.07, 6.45) is -2.87. The molecule has 2 heterocycles. The zero-order valence-electron chi connectivity index (χ0n) is 22.2. The number of hydrogen-bond donors (Lipinski definition) is 0. The van der Waals surface area contributed by atoms with Gasteiger partial charge in [0, 0.05) is 17.1 Å². The summed E-state index contributed by atoms with van der Waals surface area (Å²) in [5, 5.41) is 1.51. The van der Waals surface area contributed by atoms with Crippen molar-refractivity contribution in [2.75, 3.05) is 0 Å². The maximum Gasteiger partial charge on any atom is 0.416 e. The summed E-state index contributed by atoms with van der Waals surface area (Å²) in [7, 11) is 0. The molecular formula is C29H31F3N2O3S. The number of carbonyl (C=O) groups excluding carboxylic acids is 1. The quantitative estimate of drug-likeness (QED) is 0.220. The second-order valence-corrected chi connectivity index (χ2v) is 11.6. The lowest BCUT2D eigenvalue weighted by Crippen LogP contribution is -2.26. The summed E-state index contributed by atoms with van der Waals surface area (Å²) in [5.74, 6) is 0.444. The Balaban J connectivity index is 1.61. The molecule has 0 spiro atoms. The fourth-order valence-electron chi connectivity index (χ4n) is 4.18. The van der Waals surface area contributed by atoms with Crippen LogP contribution in [-0.2, 0) is 22.3 Å². The molecule has 0 saturated carbocycles. The molecule has 9 heteroatoms. The number of benzene rings is 2. The molecule has 1 atom stereocenters. The van der Waals surface area contributed by atoms with E-state index in [2.05, 4.69) is 18.8 Å². The lowest BCUT2D eigenvalue weighted by Gasteiger charge is -2.23. The number of alkyl halides is 3. The first-order valence-corrected chi connectivity index (χ1v) is 13.2. The monoisotopic (exact) mass is 544 g/mol. The molecule has 1 unspecified atom stereocenters. The molecule has 5 nitrogen and oxygen atoms in total. The molecule has 38 heavy (non-hydrogen) atoms. The lowest BCUT2D eigenvalue weighted by atomic mass is 10.0. The van der Waals surface area contributed by atoms with Gasteiger partial charge in [0.2, 0.25) is 0 Å². The molecular weight excluding hydrogens is 513 g/mol. The molecule has 0 aliphatic heterocycles. The van der Waals surface area contributed by atoms with E-state index in [1.165, 1.54) is 23.5 Å². The average Bonchev–Trinajstić information content (AvgIpc) is 3.39. The Hall–Kier alpha value is -3.33. The van der Waals surface area contributed by atoms with Crippen LogP contribution >= 0.6 is 11.3 Å². The third kappa shape index (κ3) is 6.20. The topological polar surface area (TPSA) is 53.4 Å². The van der Waals surface area contributed by atoms with Crippen molar-refractivity contribution >= 4 is 28.2 Å². The van der Waals surface area contributed by atoms with Crippen LogP contribution < -0.4 is 4.74 Å². The summed E-state index contributed by atoms with van der Waals surface area (Å²) in [4.78, 5) is 18.0. The molecule has 0 aliphatic rings. The van der Waals surface area contributed by atoms with Crippen molar-refractivity contribution < 1.29 is 27.4 Å². The Labute approximate surface area is 224 Å². The molecule has 0 amide bonds. The van der Waals surface area contributed by atoms with Crippen molar-refractivity contribution in [1.82, 2.24) is 9.55 Å². The predicted molar refractivity (Wildman–Crippen MR) is 143 cm³/mol. The molecule has 2 aromatic heterocycles. The maximum atomic E-state index is 13.0. The number of aromatic nitrogens is 2. The van der Waals surface area contributed by atoms with Gasteiger partial charge >= 0.3 is 12.1 Å². The van der Waals surface area contributed by atoms with E-state index in [4.69, 9.17) is 9.47 Å². The number of aryl methyl sites for hydroxylation is 1. The van der Waals surface area contributed by atoms with Gasteiger partial charge in [0.15, 0.2) is 0 Å². The molecule has 0 saturated heterocycles. The standard InChI is InChI=1S/C29H31F3N2O3S/c1-17(2)25(26-18(3)33-27(38-26)19-10-12-20(13-11-19)29(30,31)32)36-23-9-7-8-22-21(23)14-15-34(22)16-24(35)37-28(4,5)6/h7-15,17,25H,16H2,1-6H3. The number of halogens is 3. The first-order chi connectivity index (χ1) is 17.7. The fourth-order valence-corrected chi connectivity index (χ4v) is 5.45. The highest BCUT2D eigenvalue weighted by Gasteiger charge is 2.30. The van der Waals surface area contributed by atoms with Crippen molar-refractivity contribution in [3.63, 3.8) is 0 Å². The van der Waals surface area contributed by atoms with E-state index >= 15 is 0 Å². The van der Waals surface area contributed by atoms with Crippen LogP contribution in [0, 0.1) is 12.8 Å². The normalized spacial score (nSPS) is 13.2. The van der Waals surface area contributed by atoms with E-state index in [9.17, 15) is 18.0 Å². The number of nitrogens with zero attached hydrogens (tertiary/aromatic N) is 2. The Bertz CT molecular complexity index is 1430. The Morgan fingerprint density at radius 3 is 2.34 bits per heavy atom. The first-order valence-electron chi connectivity index (χ1n) is 12.3. The second kappa shape index (κ2) is 10.4. The Morgan fingerprint density at radius 1 is 1.05 bits per heavy atom. The van der Waals surface area contributed by atoms with Crippen LogP contribution in [0.5, 0.6) is 5.75 Å². The fraction of sp³-hybridized carbons (Fsp3) is 0.379. The minimum Gasteiger partial charge on any atom is -0.484 e. The summed E-state index contributed by atoms with van der Waals surface area (Å²) in [5.41, 5.74) is 0.997. The van der Waals surface area contributed by atoms with Gasteiger partial charge in [-0.15, -0.1) is 11.3 Å². The van der Waals surface area contributed by atoms with Gasteiger partial charge in [-0.1, -0.05) is 32.0 Å². The number of ether oxygens (including phenoxy) is 2. The van der Waals surface area contributed by atoms with E-state index in [-0.39, 0.29) is 24.5 Å². The largest absolute Gasteiger partial charge is 0.484 e. The molecule has 0 fully saturated rings. The van der Waals surface area contributed by atoms with Crippen molar-refractivity contribution in [1.29, 1.82) is 0 Å². The van der Waals surface area contributed by atoms with Crippen molar-refractivity contribution in [2.45, 2.75) is 66.0 Å². The average molecular weight is 545 g/mol. The number of fused-ring (bicyclic) bond motifs is 1. The van der Waals surface area contributed by atoms with Gasteiger partial charge in [-0.2, -0.15) is 13.2 Å². The molecule has 0 N–H and O–H groups in total. The van der Waals surface area contributed by atoms with Crippen molar-refractivity contribution in [3.05, 3.63) is 70.9 Å². The highest BCUT2D eigenvalue weighted by molar-refractivity contribution is 7.15. The lowest BCUT2D eigenvalue weighted by molar-refractivity contribution is -0.155. The molecule has 202 valence electrons. The zero-order chi connectivity index (χ0) is 27.8. The number of carbonyl (C=O) groups is 1. The van der Waals surface area contributed by atoms with Crippen LogP contribution in [0.25, 0.3) is 21.5 Å². The van der Waals surface area contributed by atoms with Crippen LogP contribution in [0.15, 0.2) is 54.7 Å². The number of thiazole rings is 1. The molecule has 4 aromatic rings. The molecule has 0 radical (unpaired) electrons. The van der Waals surface area contributed by atoms with Crippen LogP contribution in [0.1, 0.15) is 56.9 Å². The molecule has 2 aromatic carbocycles. The third-order valence-corrected chi connectivity index (χ3v) is 7.17. The van der Waals surface area contributed by atoms with Gasteiger partial charge in [0.25, 0.3) is 0 Å².